The number of halogens is 2. The van der Waals surface area contributed by atoms with E-state index in [1.807, 2.05) is 60.7 Å². The molecule has 0 unspecified atom stereocenters. The van der Waals surface area contributed by atoms with Crippen LogP contribution in [0.15, 0.2) is 77.7 Å². The normalized spacial score (nSPS) is 15.4. The highest BCUT2D eigenvalue weighted by Crippen LogP contribution is 2.35. The average molecular weight is 663 g/mol. The molecule has 0 radical (unpaired) electrons. The van der Waals surface area contributed by atoms with Gasteiger partial charge >= 0.3 is 0 Å². The van der Waals surface area contributed by atoms with Gasteiger partial charge < -0.3 is 14.5 Å². The number of nitriles is 1. The van der Waals surface area contributed by atoms with Crippen molar-refractivity contribution >= 4 is 50.7 Å². The summed E-state index contributed by atoms with van der Waals surface area (Å²) in [4.78, 5) is 19.2. The van der Waals surface area contributed by atoms with Gasteiger partial charge in [-0.15, -0.1) is 0 Å². The van der Waals surface area contributed by atoms with Gasteiger partial charge in [-0.2, -0.15) is 5.26 Å². The van der Waals surface area contributed by atoms with Gasteiger partial charge in [0.05, 0.1) is 39.1 Å². The number of methoxy groups -OCH3 is 1. The minimum atomic E-state index is -1.01. The van der Waals surface area contributed by atoms with E-state index in [0.717, 1.165) is 60.1 Å². The summed E-state index contributed by atoms with van der Waals surface area (Å²) < 4.78 is 18.0. The second kappa shape index (κ2) is 14.8. The van der Waals surface area contributed by atoms with Crippen LogP contribution in [0.3, 0.4) is 0 Å². The summed E-state index contributed by atoms with van der Waals surface area (Å²) in [5, 5.41) is 12.3. The van der Waals surface area contributed by atoms with E-state index in [0.29, 0.717) is 33.6 Å². The molecule has 4 aromatic rings. The average Bonchev–Trinajstić information content (AvgIpc) is 3.06. The van der Waals surface area contributed by atoms with E-state index in [2.05, 4.69) is 17.0 Å². The van der Waals surface area contributed by atoms with Gasteiger partial charge in [0.2, 0.25) is 0 Å². The Hall–Kier alpha value is -3.41. The number of carbonyl (C=O) groups is 1. The van der Waals surface area contributed by atoms with Crippen molar-refractivity contribution in [2.24, 2.45) is 0 Å². The van der Waals surface area contributed by atoms with Crippen LogP contribution in [0.4, 0.5) is 0 Å². The molecule has 1 fully saturated rings. The number of hydrogen-bond acceptors (Lipinski definition) is 5. The molecule has 4 aromatic carbocycles. The monoisotopic (exact) mass is 661 g/mol. The molecule has 0 aliphatic carbocycles. The van der Waals surface area contributed by atoms with Crippen molar-refractivity contribution in [1.29, 1.82) is 5.26 Å². The molecule has 2 atom stereocenters. The summed E-state index contributed by atoms with van der Waals surface area (Å²) in [5.74, 6) is 0.463. The SMILES string of the molecule is COc1c(C#N)cc2ccccc2c1C(=O)N(C)C[C@@H](CCN1CCC(c2ccccc2[S@@](C)=O)CC1)c1ccc(Cl)c(Cl)c1. The molecule has 1 aliphatic heterocycles. The molecule has 0 aromatic heterocycles. The Morgan fingerprint density at radius 1 is 1.07 bits per heavy atom. The van der Waals surface area contributed by atoms with Crippen LogP contribution in [0.1, 0.15) is 58.1 Å². The molecular formula is C36H37Cl2N3O3S. The maximum absolute atomic E-state index is 14.1. The molecule has 1 heterocycles. The van der Waals surface area contributed by atoms with Crippen molar-refractivity contribution in [3.63, 3.8) is 0 Å². The van der Waals surface area contributed by atoms with E-state index >= 15 is 0 Å². The smallest absolute Gasteiger partial charge is 0.258 e. The van der Waals surface area contributed by atoms with Crippen LogP contribution in [0, 0.1) is 11.3 Å². The highest BCUT2D eigenvalue weighted by atomic mass is 35.5. The Kier molecular flexibility index (Phi) is 10.8. The van der Waals surface area contributed by atoms with Gasteiger partial charge in [0.25, 0.3) is 5.91 Å². The van der Waals surface area contributed by atoms with Crippen LogP contribution >= 0.6 is 23.2 Å². The van der Waals surface area contributed by atoms with E-state index < -0.39 is 10.8 Å². The first-order chi connectivity index (χ1) is 21.7. The number of carbonyl (C=O) groups excluding carboxylic acids is 1. The zero-order valence-corrected chi connectivity index (χ0v) is 28.1. The van der Waals surface area contributed by atoms with Crippen LogP contribution in [-0.2, 0) is 10.8 Å². The number of likely N-dealkylation sites (tertiary alicyclic amines) is 1. The van der Waals surface area contributed by atoms with E-state index in [1.165, 1.54) is 12.7 Å². The molecule has 234 valence electrons. The largest absolute Gasteiger partial charge is 0.495 e. The second-order valence-corrected chi connectivity index (χ2v) is 13.8. The first kappa shape index (κ1) is 33.0. The quantitative estimate of drug-likeness (QED) is 0.173. The molecule has 1 amide bonds. The Balaban J connectivity index is 1.35. The van der Waals surface area contributed by atoms with Gasteiger partial charge in [0, 0.05) is 30.7 Å². The van der Waals surface area contributed by atoms with Crippen LogP contribution in [0.2, 0.25) is 10.0 Å². The lowest BCUT2D eigenvalue weighted by Gasteiger charge is -2.34. The number of likely N-dealkylation sites (N-methyl/N-ethyl adjacent to an activating group) is 1. The molecule has 0 bridgehead atoms. The summed E-state index contributed by atoms with van der Waals surface area (Å²) in [6.45, 7) is 3.19. The summed E-state index contributed by atoms with van der Waals surface area (Å²) in [6, 6.07) is 25.3. The first-order valence-corrected chi connectivity index (χ1v) is 17.4. The third-order valence-corrected chi connectivity index (χ3v) is 10.6. The van der Waals surface area contributed by atoms with Gasteiger partial charge in [-0.3, -0.25) is 9.00 Å². The first-order valence-electron chi connectivity index (χ1n) is 15.1. The van der Waals surface area contributed by atoms with E-state index in [4.69, 9.17) is 27.9 Å². The molecule has 5 rings (SSSR count). The van der Waals surface area contributed by atoms with Crippen LogP contribution < -0.4 is 4.74 Å². The molecular weight excluding hydrogens is 625 g/mol. The maximum Gasteiger partial charge on any atom is 0.258 e. The van der Waals surface area contributed by atoms with Crippen molar-refractivity contribution in [1.82, 2.24) is 9.80 Å². The summed E-state index contributed by atoms with van der Waals surface area (Å²) in [7, 11) is 2.27. The van der Waals surface area contributed by atoms with Gasteiger partial charge in [-0.05, 0) is 91.0 Å². The maximum atomic E-state index is 14.1. The second-order valence-electron chi connectivity index (χ2n) is 11.6. The Morgan fingerprint density at radius 2 is 1.78 bits per heavy atom. The minimum absolute atomic E-state index is 0.00825. The standard InChI is InChI=1S/C36H37Cl2N3O3S/c1-40(36(42)34-30-10-5-4-8-26(30)20-28(22-39)35(34)44-2)23-27(25-12-13-31(37)32(38)21-25)16-19-41-17-14-24(15-18-41)29-9-6-7-11-33(29)45(3)43/h4-13,20-21,24,27H,14-19,23H2,1-3H3/t27-,45-/m1/s1. The zero-order valence-electron chi connectivity index (χ0n) is 25.8. The lowest BCUT2D eigenvalue weighted by Crippen LogP contribution is -2.36. The Labute approximate surface area is 277 Å². The predicted octanol–water partition coefficient (Wildman–Crippen LogP) is 7.89. The number of amides is 1. The number of nitrogens with zero attached hydrogens (tertiary/aromatic N) is 3. The third kappa shape index (κ3) is 7.37. The fraction of sp³-hybridized carbons (Fsp3) is 0.333. The fourth-order valence-corrected chi connectivity index (χ4v) is 7.60. The number of benzene rings is 4. The van der Waals surface area contributed by atoms with Crippen molar-refractivity contribution in [3.8, 4) is 11.8 Å². The van der Waals surface area contributed by atoms with Gasteiger partial charge in [-0.25, -0.2) is 0 Å². The van der Waals surface area contributed by atoms with Crippen LogP contribution in [-0.4, -0.2) is 66.5 Å². The van der Waals surface area contributed by atoms with E-state index in [1.54, 1.807) is 24.3 Å². The topological polar surface area (TPSA) is 73.6 Å². The number of rotatable bonds is 10. The summed E-state index contributed by atoms with van der Waals surface area (Å²) in [5.41, 5.74) is 2.93. The number of fused-ring (bicyclic) bond motifs is 1. The molecule has 0 saturated carbocycles. The summed E-state index contributed by atoms with van der Waals surface area (Å²) in [6.07, 6.45) is 4.57. The number of ether oxygens (including phenoxy) is 1. The minimum Gasteiger partial charge on any atom is -0.495 e. The number of piperidine rings is 1. The zero-order chi connectivity index (χ0) is 32.1. The lowest BCUT2D eigenvalue weighted by molar-refractivity contribution is 0.0780. The van der Waals surface area contributed by atoms with Crippen LogP contribution in [0.25, 0.3) is 10.8 Å². The van der Waals surface area contributed by atoms with Gasteiger partial charge in [0.15, 0.2) is 0 Å². The molecule has 0 spiro atoms. The van der Waals surface area contributed by atoms with Crippen molar-refractivity contribution in [2.45, 2.75) is 36.0 Å². The lowest BCUT2D eigenvalue weighted by atomic mass is 9.88. The van der Waals surface area contributed by atoms with E-state index in [9.17, 15) is 14.3 Å². The molecule has 1 saturated heterocycles. The molecule has 45 heavy (non-hydrogen) atoms. The molecule has 6 nitrogen and oxygen atoms in total. The number of hydrogen-bond donors (Lipinski definition) is 0. The fourth-order valence-electron chi connectivity index (χ4n) is 6.46. The third-order valence-electron chi connectivity index (χ3n) is 8.85. The van der Waals surface area contributed by atoms with Gasteiger partial charge in [-0.1, -0.05) is 71.7 Å². The van der Waals surface area contributed by atoms with Crippen molar-refractivity contribution in [2.75, 3.05) is 46.6 Å². The highest BCUT2D eigenvalue weighted by Gasteiger charge is 2.27. The summed E-state index contributed by atoms with van der Waals surface area (Å²) >= 11 is 12.7. The Morgan fingerprint density at radius 3 is 2.47 bits per heavy atom. The highest BCUT2D eigenvalue weighted by molar-refractivity contribution is 7.84. The van der Waals surface area contributed by atoms with E-state index in [-0.39, 0.29) is 17.6 Å². The predicted molar refractivity (Wildman–Crippen MR) is 183 cm³/mol. The van der Waals surface area contributed by atoms with Crippen molar-refractivity contribution in [3.05, 3.63) is 105 Å². The van der Waals surface area contributed by atoms with Gasteiger partial charge in [0.1, 0.15) is 11.8 Å². The van der Waals surface area contributed by atoms with Crippen molar-refractivity contribution < 1.29 is 13.7 Å². The Bertz CT molecular complexity index is 1760. The molecule has 9 heteroatoms. The molecule has 0 N–H and O–H groups in total. The molecule has 1 aliphatic rings. The van der Waals surface area contributed by atoms with Crippen LogP contribution in [0.5, 0.6) is 5.75 Å².